The van der Waals surface area contributed by atoms with Crippen LogP contribution in [0.4, 0.5) is 11.4 Å². The van der Waals surface area contributed by atoms with Crippen molar-refractivity contribution in [1.82, 2.24) is 0 Å². The predicted molar refractivity (Wildman–Crippen MR) is 118 cm³/mol. The Hall–Kier alpha value is -2.87. The number of carbonyl (C=O) groups excluding carboxylic acids is 2. The third kappa shape index (κ3) is 6.59. The van der Waals surface area contributed by atoms with E-state index >= 15 is 0 Å². The molecule has 0 saturated carbocycles. The largest absolute Gasteiger partial charge is 0.462 e. The number of amides is 1. The zero-order valence-electron chi connectivity index (χ0n) is 17.6. The normalized spacial score (nSPS) is 11.0. The second-order valence-corrected chi connectivity index (χ2v) is 8.68. The Kier molecular flexibility index (Phi) is 8.41. The first kappa shape index (κ1) is 23.4. The molecule has 0 aliphatic carbocycles. The van der Waals surface area contributed by atoms with Gasteiger partial charge in [0.05, 0.1) is 29.8 Å². The number of hydrogen-bond acceptors (Lipinski definition) is 5. The number of ether oxygens (including phenoxy) is 1. The maximum absolute atomic E-state index is 12.4. The number of rotatable bonds is 10. The van der Waals surface area contributed by atoms with E-state index in [4.69, 9.17) is 4.74 Å². The van der Waals surface area contributed by atoms with Gasteiger partial charge in [0.25, 0.3) is 0 Å². The fourth-order valence-electron chi connectivity index (χ4n) is 2.96. The van der Waals surface area contributed by atoms with Crippen LogP contribution in [0.5, 0.6) is 0 Å². The second-order valence-electron chi connectivity index (χ2n) is 6.77. The van der Waals surface area contributed by atoms with E-state index < -0.39 is 16.0 Å². The van der Waals surface area contributed by atoms with E-state index in [0.717, 1.165) is 18.2 Å². The maximum Gasteiger partial charge on any atom is 0.340 e. The highest BCUT2D eigenvalue weighted by atomic mass is 32.2. The number of anilines is 2. The molecule has 0 fully saturated rings. The highest BCUT2D eigenvalue weighted by Crippen LogP contribution is 2.20. The number of hydrogen-bond donors (Lipinski definition) is 1. The minimum Gasteiger partial charge on any atom is -0.462 e. The van der Waals surface area contributed by atoms with Crippen LogP contribution in [-0.2, 0) is 26.0 Å². The molecule has 30 heavy (non-hydrogen) atoms. The van der Waals surface area contributed by atoms with Gasteiger partial charge in [-0.05, 0) is 49.6 Å². The number of para-hydroxylation sites is 1. The average Bonchev–Trinajstić information content (AvgIpc) is 2.71. The summed E-state index contributed by atoms with van der Waals surface area (Å²) >= 11 is 0. The van der Waals surface area contributed by atoms with Crippen LogP contribution < -0.4 is 9.62 Å². The molecule has 162 valence electrons. The average molecular weight is 433 g/mol. The summed E-state index contributed by atoms with van der Waals surface area (Å²) in [5.74, 6) is -0.811. The molecule has 2 aromatic rings. The summed E-state index contributed by atoms with van der Waals surface area (Å²) in [5.41, 5.74) is 2.34. The molecular formula is C22H28N2O5S. The van der Waals surface area contributed by atoms with E-state index in [9.17, 15) is 18.0 Å². The fraction of sp³-hybridized carbons (Fsp3) is 0.364. The summed E-state index contributed by atoms with van der Waals surface area (Å²) in [6.45, 7) is 4.16. The van der Waals surface area contributed by atoms with Crippen molar-refractivity contribution in [3.05, 3.63) is 59.7 Å². The van der Waals surface area contributed by atoms with Gasteiger partial charge in [0, 0.05) is 13.0 Å². The molecule has 7 nitrogen and oxygen atoms in total. The lowest BCUT2D eigenvalue weighted by atomic mass is 10.1. The summed E-state index contributed by atoms with van der Waals surface area (Å²) in [4.78, 5) is 24.4. The molecule has 0 unspecified atom stereocenters. The van der Waals surface area contributed by atoms with Crippen LogP contribution in [-0.4, -0.2) is 39.7 Å². The van der Waals surface area contributed by atoms with Crippen molar-refractivity contribution in [2.75, 3.05) is 29.0 Å². The van der Waals surface area contributed by atoms with Crippen LogP contribution in [0.3, 0.4) is 0 Å². The highest BCUT2D eigenvalue weighted by Gasteiger charge is 2.18. The first-order valence-electron chi connectivity index (χ1n) is 9.89. The van der Waals surface area contributed by atoms with Crippen molar-refractivity contribution >= 4 is 33.3 Å². The summed E-state index contributed by atoms with van der Waals surface area (Å²) in [6.07, 6.45) is 2.45. The van der Waals surface area contributed by atoms with Gasteiger partial charge in [-0.1, -0.05) is 31.2 Å². The van der Waals surface area contributed by atoms with Gasteiger partial charge < -0.3 is 10.1 Å². The van der Waals surface area contributed by atoms with E-state index in [2.05, 4.69) is 5.32 Å². The van der Waals surface area contributed by atoms with E-state index in [1.807, 2.05) is 19.1 Å². The van der Waals surface area contributed by atoms with Crippen molar-refractivity contribution in [3.8, 4) is 0 Å². The van der Waals surface area contributed by atoms with E-state index in [1.54, 1.807) is 43.3 Å². The Balaban J connectivity index is 2.00. The molecule has 0 atom stereocenters. The first-order chi connectivity index (χ1) is 14.3. The van der Waals surface area contributed by atoms with Crippen molar-refractivity contribution in [3.63, 3.8) is 0 Å². The predicted octanol–water partition coefficient (Wildman–Crippen LogP) is 3.61. The van der Waals surface area contributed by atoms with E-state index in [0.29, 0.717) is 17.8 Å². The number of benzene rings is 2. The molecular weight excluding hydrogens is 404 g/mol. The van der Waals surface area contributed by atoms with Gasteiger partial charge in [-0.3, -0.25) is 9.10 Å². The smallest absolute Gasteiger partial charge is 0.340 e. The van der Waals surface area contributed by atoms with Gasteiger partial charge in [0.2, 0.25) is 15.9 Å². The number of aryl methyl sites for hydroxylation is 1. The molecule has 0 aliphatic heterocycles. The van der Waals surface area contributed by atoms with Gasteiger partial charge in [0.1, 0.15) is 0 Å². The van der Waals surface area contributed by atoms with Crippen molar-refractivity contribution in [2.24, 2.45) is 0 Å². The van der Waals surface area contributed by atoms with Gasteiger partial charge in [0.15, 0.2) is 0 Å². The van der Waals surface area contributed by atoms with E-state index in [-0.39, 0.29) is 31.0 Å². The lowest BCUT2D eigenvalue weighted by Gasteiger charge is -2.22. The molecule has 0 saturated heterocycles. The summed E-state index contributed by atoms with van der Waals surface area (Å²) in [6, 6.07) is 13.9. The number of nitrogens with zero attached hydrogens (tertiary/aromatic N) is 1. The van der Waals surface area contributed by atoms with E-state index in [1.165, 1.54) is 4.31 Å². The van der Waals surface area contributed by atoms with Gasteiger partial charge >= 0.3 is 5.97 Å². The van der Waals surface area contributed by atoms with Gasteiger partial charge in [-0.2, -0.15) is 0 Å². The minimum atomic E-state index is -3.48. The number of sulfonamides is 1. The minimum absolute atomic E-state index is 0.107. The monoisotopic (exact) mass is 432 g/mol. The number of nitrogens with one attached hydrogen (secondary N) is 1. The Bertz CT molecular complexity index is 971. The zero-order valence-corrected chi connectivity index (χ0v) is 18.4. The summed E-state index contributed by atoms with van der Waals surface area (Å²) < 4.78 is 30.7. The highest BCUT2D eigenvalue weighted by molar-refractivity contribution is 7.92. The van der Waals surface area contributed by atoms with Gasteiger partial charge in [-0.15, -0.1) is 0 Å². The molecule has 0 bridgehead atoms. The molecule has 2 aromatic carbocycles. The Labute approximate surface area is 178 Å². The topological polar surface area (TPSA) is 92.8 Å². The second kappa shape index (κ2) is 10.8. The third-order valence-corrected chi connectivity index (χ3v) is 5.69. The maximum atomic E-state index is 12.4. The van der Waals surface area contributed by atoms with Gasteiger partial charge in [-0.25, -0.2) is 13.2 Å². The standard InChI is InChI=1S/C22H28N2O5S/c1-4-17-12-14-18(15-13-17)24(30(3,27)28)16-8-11-21(25)23-20-10-7-6-9-19(20)22(26)29-5-2/h6-7,9-10,12-15H,4-5,8,11,16H2,1-3H3,(H,23,25). The molecule has 0 aliphatic rings. The quantitative estimate of drug-likeness (QED) is 0.579. The molecule has 0 spiro atoms. The first-order valence-corrected chi connectivity index (χ1v) is 11.7. The Morgan fingerprint density at radius 3 is 2.30 bits per heavy atom. The van der Waals surface area contributed by atoms with Crippen LogP contribution in [0.2, 0.25) is 0 Å². The summed E-state index contributed by atoms with van der Waals surface area (Å²) in [5, 5.41) is 2.71. The van der Waals surface area contributed by atoms with Crippen LogP contribution in [0, 0.1) is 0 Å². The third-order valence-electron chi connectivity index (χ3n) is 4.49. The van der Waals surface area contributed by atoms with Crippen LogP contribution in [0.25, 0.3) is 0 Å². The molecule has 0 aromatic heterocycles. The number of esters is 1. The Morgan fingerprint density at radius 1 is 1.03 bits per heavy atom. The van der Waals surface area contributed by atoms with Crippen LogP contribution >= 0.6 is 0 Å². The molecule has 2 rings (SSSR count). The molecule has 1 N–H and O–H groups in total. The van der Waals surface area contributed by atoms with Crippen molar-refractivity contribution in [2.45, 2.75) is 33.1 Å². The fourth-order valence-corrected chi connectivity index (χ4v) is 3.92. The van der Waals surface area contributed by atoms with Crippen molar-refractivity contribution in [1.29, 1.82) is 0 Å². The lowest BCUT2D eigenvalue weighted by molar-refractivity contribution is -0.116. The van der Waals surface area contributed by atoms with Crippen molar-refractivity contribution < 1.29 is 22.7 Å². The molecule has 8 heteroatoms. The molecule has 0 heterocycles. The number of carbonyl (C=O) groups is 2. The molecule has 0 radical (unpaired) electrons. The lowest BCUT2D eigenvalue weighted by Crippen LogP contribution is -2.31. The SMILES string of the molecule is CCOC(=O)c1ccccc1NC(=O)CCCN(c1ccc(CC)cc1)S(C)(=O)=O. The Morgan fingerprint density at radius 2 is 1.70 bits per heavy atom. The molecule has 1 amide bonds. The summed E-state index contributed by atoms with van der Waals surface area (Å²) in [7, 11) is -3.48. The van der Waals surface area contributed by atoms with Crippen LogP contribution in [0.1, 0.15) is 42.6 Å². The van der Waals surface area contributed by atoms with Crippen LogP contribution in [0.15, 0.2) is 48.5 Å². The zero-order chi connectivity index (χ0) is 22.1.